The molecule has 0 fully saturated rings. The van der Waals surface area contributed by atoms with Crippen LogP contribution in [0.15, 0.2) is 48.8 Å². The van der Waals surface area contributed by atoms with Crippen LogP contribution in [0.4, 0.5) is 23.1 Å². The van der Waals surface area contributed by atoms with Gasteiger partial charge in [-0.1, -0.05) is 0 Å². The molecule has 0 saturated carbocycles. The van der Waals surface area contributed by atoms with Gasteiger partial charge in [-0.25, -0.2) is 16.1 Å². The van der Waals surface area contributed by atoms with Crippen molar-refractivity contribution in [2.45, 2.75) is 13.6 Å². The van der Waals surface area contributed by atoms with E-state index < -0.39 is 0 Å². The molecule has 2 aromatic heterocycles. The highest BCUT2D eigenvalue weighted by Gasteiger charge is 2.17. The van der Waals surface area contributed by atoms with Gasteiger partial charge in [-0.05, 0) is 60.5 Å². The number of anilines is 4. The van der Waals surface area contributed by atoms with E-state index in [0.717, 1.165) is 11.1 Å². The van der Waals surface area contributed by atoms with Crippen molar-refractivity contribution in [3.05, 3.63) is 76.9 Å². The molecular formula is C25H19N9O. The van der Waals surface area contributed by atoms with Gasteiger partial charge < -0.3 is 15.4 Å². The lowest BCUT2D eigenvalue weighted by molar-refractivity contribution is 0.416. The van der Waals surface area contributed by atoms with Crippen LogP contribution in [-0.4, -0.2) is 26.6 Å². The molecule has 0 unspecified atom stereocenters. The third-order valence-electron chi connectivity index (χ3n) is 5.09. The molecule has 10 heteroatoms. The number of hydrogen-bond acceptors (Lipinski definition) is 8. The molecule has 0 aliphatic heterocycles. The van der Waals surface area contributed by atoms with Crippen LogP contribution >= 0.6 is 0 Å². The maximum Gasteiger partial charge on any atom is 0.295 e. The van der Waals surface area contributed by atoms with E-state index in [9.17, 15) is 0 Å². The van der Waals surface area contributed by atoms with Crippen LogP contribution < -0.4 is 15.4 Å². The summed E-state index contributed by atoms with van der Waals surface area (Å²) in [5, 5.41) is 24.3. The SMILES string of the molecule is [C-]#[N+]Cn1cnc2c(Nc3c(C)cc(C=CC#N)cc3OC)nc(Nc3ccc(C#N)cc3)nc21. The second-order valence-electron chi connectivity index (χ2n) is 7.40. The molecule has 0 atom stereocenters. The molecule has 2 heterocycles. The maximum absolute atomic E-state index is 9.03. The lowest BCUT2D eigenvalue weighted by Gasteiger charge is -2.16. The predicted molar refractivity (Wildman–Crippen MR) is 132 cm³/mol. The van der Waals surface area contributed by atoms with E-state index in [0.29, 0.717) is 45.6 Å². The standard InChI is InChI=1S/C25H19N9O/c1-16-11-18(5-4-10-26)12-20(35-3)21(16)31-23-22-24(34(14-28-2)15-29-22)33-25(32-23)30-19-8-6-17(13-27)7-9-19/h4-9,11-12,15H,14H2,1,3H3,(H2,30,31,32,33). The minimum Gasteiger partial charge on any atom is -0.495 e. The van der Waals surface area contributed by atoms with Crippen LogP contribution in [0, 0.1) is 36.2 Å². The van der Waals surface area contributed by atoms with Crippen molar-refractivity contribution < 1.29 is 4.74 Å². The predicted octanol–water partition coefficient (Wildman–Crippen LogP) is 4.92. The van der Waals surface area contributed by atoms with Gasteiger partial charge in [0, 0.05) is 11.8 Å². The van der Waals surface area contributed by atoms with Crippen molar-refractivity contribution in [1.29, 1.82) is 10.5 Å². The van der Waals surface area contributed by atoms with Crippen LogP contribution in [0.1, 0.15) is 16.7 Å². The molecule has 0 aliphatic rings. The van der Waals surface area contributed by atoms with E-state index in [-0.39, 0.29) is 6.67 Å². The number of aryl methyl sites for hydroxylation is 1. The van der Waals surface area contributed by atoms with Crippen molar-refractivity contribution in [2.75, 3.05) is 17.7 Å². The Morgan fingerprint density at radius 3 is 2.66 bits per heavy atom. The Morgan fingerprint density at radius 2 is 1.97 bits per heavy atom. The normalized spacial score (nSPS) is 10.5. The number of methoxy groups -OCH3 is 1. The molecule has 0 spiro atoms. The van der Waals surface area contributed by atoms with Crippen molar-refractivity contribution in [3.8, 4) is 17.9 Å². The van der Waals surface area contributed by atoms with Crippen LogP contribution in [-0.2, 0) is 6.67 Å². The molecule has 35 heavy (non-hydrogen) atoms. The Kier molecular flexibility index (Phi) is 6.53. The fraction of sp³-hybridized carbons (Fsp3) is 0.120. The third kappa shape index (κ3) is 4.85. The molecule has 0 radical (unpaired) electrons. The summed E-state index contributed by atoms with van der Waals surface area (Å²) in [5.41, 5.74) is 4.60. The zero-order valence-electron chi connectivity index (χ0n) is 18.9. The Balaban J connectivity index is 1.79. The molecule has 10 nitrogen and oxygen atoms in total. The van der Waals surface area contributed by atoms with Crippen molar-refractivity contribution in [1.82, 2.24) is 19.5 Å². The number of fused-ring (bicyclic) bond motifs is 1. The summed E-state index contributed by atoms with van der Waals surface area (Å²) in [5.74, 6) is 1.29. The number of nitrogens with zero attached hydrogens (tertiary/aromatic N) is 7. The van der Waals surface area contributed by atoms with Crippen molar-refractivity contribution in [2.24, 2.45) is 0 Å². The summed E-state index contributed by atoms with van der Waals surface area (Å²) in [4.78, 5) is 17.1. The molecule has 170 valence electrons. The van der Waals surface area contributed by atoms with E-state index in [1.165, 1.54) is 6.08 Å². The molecular weight excluding hydrogens is 442 g/mol. The first-order chi connectivity index (χ1) is 17.1. The first-order valence-electron chi connectivity index (χ1n) is 10.4. The van der Waals surface area contributed by atoms with Gasteiger partial charge in [-0.3, -0.25) is 4.85 Å². The number of imidazole rings is 1. The summed E-state index contributed by atoms with van der Waals surface area (Å²) in [6.07, 6.45) is 4.65. The van der Waals surface area contributed by atoms with Gasteiger partial charge in [0.1, 0.15) is 12.1 Å². The lowest BCUT2D eigenvalue weighted by Crippen LogP contribution is -2.05. The maximum atomic E-state index is 9.03. The largest absolute Gasteiger partial charge is 0.495 e. The highest BCUT2D eigenvalue weighted by molar-refractivity contribution is 5.88. The van der Waals surface area contributed by atoms with Crippen LogP contribution in [0.2, 0.25) is 0 Å². The average Bonchev–Trinajstić information content (AvgIpc) is 3.27. The van der Waals surface area contributed by atoms with E-state index >= 15 is 0 Å². The molecule has 0 bridgehead atoms. The van der Waals surface area contributed by atoms with Gasteiger partial charge in [0.05, 0.1) is 30.5 Å². The Labute approximate surface area is 201 Å². The lowest BCUT2D eigenvalue weighted by atomic mass is 10.1. The number of nitriles is 2. The van der Waals surface area contributed by atoms with Gasteiger partial charge in [-0.15, -0.1) is 0 Å². The van der Waals surface area contributed by atoms with Gasteiger partial charge in [0.2, 0.25) is 5.95 Å². The summed E-state index contributed by atoms with van der Waals surface area (Å²) in [6, 6.07) is 14.7. The van der Waals surface area contributed by atoms with Crippen molar-refractivity contribution in [3.63, 3.8) is 0 Å². The summed E-state index contributed by atoms with van der Waals surface area (Å²) >= 11 is 0. The molecule has 2 N–H and O–H groups in total. The number of ether oxygens (including phenoxy) is 1. The second-order valence-corrected chi connectivity index (χ2v) is 7.40. The fourth-order valence-corrected chi connectivity index (χ4v) is 3.48. The minimum absolute atomic E-state index is 0.0610. The number of rotatable bonds is 7. The Morgan fingerprint density at radius 1 is 1.17 bits per heavy atom. The number of hydrogen-bond donors (Lipinski definition) is 2. The quantitative estimate of drug-likeness (QED) is 0.293. The van der Waals surface area contributed by atoms with Gasteiger partial charge in [0.15, 0.2) is 17.0 Å². The summed E-state index contributed by atoms with van der Waals surface area (Å²) < 4.78 is 7.23. The molecule has 0 saturated heterocycles. The highest BCUT2D eigenvalue weighted by atomic mass is 16.5. The fourth-order valence-electron chi connectivity index (χ4n) is 3.48. The summed E-state index contributed by atoms with van der Waals surface area (Å²) in [6.45, 7) is 9.22. The number of benzene rings is 2. The second kappa shape index (κ2) is 10.0. The molecule has 2 aromatic carbocycles. The van der Waals surface area contributed by atoms with Crippen LogP contribution in [0.5, 0.6) is 5.75 Å². The Hall–Kier alpha value is -5.40. The van der Waals surface area contributed by atoms with E-state index in [2.05, 4.69) is 36.5 Å². The van der Waals surface area contributed by atoms with Gasteiger partial charge in [0.25, 0.3) is 6.67 Å². The number of aromatic nitrogens is 4. The van der Waals surface area contributed by atoms with E-state index in [1.807, 2.05) is 25.1 Å². The zero-order valence-corrected chi connectivity index (χ0v) is 18.9. The third-order valence-corrected chi connectivity index (χ3v) is 5.09. The highest BCUT2D eigenvalue weighted by Crippen LogP contribution is 2.35. The van der Waals surface area contributed by atoms with E-state index in [4.69, 9.17) is 21.8 Å². The van der Waals surface area contributed by atoms with Gasteiger partial charge in [-0.2, -0.15) is 20.5 Å². The summed E-state index contributed by atoms with van der Waals surface area (Å²) in [7, 11) is 1.57. The number of allylic oxidation sites excluding steroid dienone is 1. The van der Waals surface area contributed by atoms with Crippen LogP contribution in [0.25, 0.3) is 22.1 Å². The molecule has 0 amide bonds. The first-order valence-corrected chi connectivity index (χ1v) is 10.4. The van der Waals surface area contributed by atoms with E-state index in [1.54, 1.807) is 48.3 Å². The zero-order chi connectivity index (χ0) is 24.8. The molecule has 4 aromatic rings. The first kappa shape index (κ1) is 22.8. The monoisotopic (exact) mass is 461 g/mol. The average molecular weight is 461 g/mol. The van der Waals surface area contributed by atoms with Gasteiger partial charge >= 0.3 is 0 Å². The Bertz CT molecular complexity index is 1550. The smallest absolute Gasteiger partial charge is 0.295 e. The molecule has 0 aliphatic carbocycles. The topological polar surface area (TPSA) is 129 Å². The van der Waals surface area contributed by atoms with Crippen molar-refractivity contribution >= 4 is 40.4 Å². The molecule has 4 rings (SSSR count). The minimum atomic E-state index is 0.0610. The number of nitrogens with one attached hydrogen (secondary N) is 2. The van der Waals surface area contributed by atoms with Crippen LogP contribution in [0.3, 0.4) is 0 Å².